The SMILES string of the molecule is C=C([C@@H](NN)c1ccccc1)N(C)C. The molecule has 0 aliphatic rings. The summed E-state index contributed by atoms with van der Waals surface area (Å²) in [5.74, 6) is 5.51. The molecular formula is C11H17N3. The van der Waals surface area contributed by atoms with Crippen LogP contribution in [-0.2, 0) is 0 Å². The summed E-state index contributed by atoms with van der Waals surface area (Å²) in [7, 11) is 3.91. The first-order valence-corrected chi connectivity index (χ1v) is 4.54. The summed E-state index contributed by atoms with van der Waals surface area (Å²) in [6.45, 7) is 3.99. The van der Waals surface area contributed by atoms with Crippen molar-refractivity contribution in [3.8, 4) is 0 Å². The number of rotatable bonds is 4. The van der Waals surface area contributed by atoms with Crippen LogP contribution in [0.25, 0.3) is 0 Å². The van der Waals surface area contributed by atoms with Gasteiger partial charge in [-0.2, -0.15) is 0 Å². The van der Waals surface area contributed by atoms with Crippen molar-refractivity contribution in [2.75, 3.05) is 14.1 Å². The average Bonchev–Trinajstić information content (AvgIpc) is 2.20. The first-order valence-electron chi connectivity index (χ1n) is 4.54. The van der Waals surface area contributed by atoms with Gasteiger partial charge in [-0.15, -0.1) is 0 Å². The number of nitrogens with two attached hydrogens (primary N) is 1. The normalized spacial score (nSPS) is 12.2. The monoisotopic (exact) mass is 191 g/mol. The fraction of sp³-hybridized carbons (Fsp3) is 0.273. The lowest BCUT2D eigenvalue weighted by Crippen LogP contribution is -2.33. The molecule has 3 N–H and O–H groups in total. The fourth-order valence-electron chi connectivity index (χ4n) is 1.29. The van der Waals surface area contributed by atoms with Crippen LogP contribution in [0.1, 0.15) is 11.6 Å². The molecule has 0 radical (unpaired) electrons. The quantitative estimate of drug-likeness (QED) is 0.556. The second-order valence-electron chi connectivity index (χ2n) is 3.40. The molecule has 0 amide bonds. The van der Waals surface area contributed by atoms with Gasteiger partial charge >= 0.3 is 0 Å². The van der Waals surface area contributed by atoms with Crippen LogP contribution in [0.3, 0.4) is 0 Å². The maximum atomic E-state index is 5.51. The zero-order valence-corrected chi connectivity index (χ0v) is 8.70. The minimum atomic E-state index is -0.0220. The maximum Gasteiger partial charge on any atom is 0.0851 e. The van der Waals surface area contributed by atoms with Crippen molar-refractivity contribution in [3.05, 3.63) is 48.2 Å². The summed E-state index contributed by atoms with van der Waals surface area (Å²) < 4.78 is 0. The smallest absolute Gasteiger partial charge is 0.0851 e. The predicted octanol–water partition coefficient (Wildman–Crippen LogP) is 1.27. The van der Waals surface area contributed by atoms with Gasteiger partial charge in [0.15, 0.2) is 0 Å². The van der Waals surface area contributed by atoms with Crippen LogP contribution in [0.2, 0.25) is 0 Å². The van der Waals surface area contributed by atoms with Crippen molar-refractivity contribution in [2.24, 2.45) is 5.84 Å². The molecule has 76 valence electrons. The van der Waals surface area contributed by atoms with E-state index in [1.165, 1.54) is 0 Å². The molecule has 0 unspecified atom stereocenters. The van der Waals surface area contributed by atoms with Gasteiger partial charge in [0.1, 0.15) is 0 Å². The Morgan fingerprint density at radius 2 is 1.93 bits per heavy atom. The lowest BCUT2D eigenvalue weighted by molar-refractivity contribution is 0.433. The molecule has 1 aromatic carbocycles. The number of likely N-dealkylation sites (N-methyl/N-ethyl adjacent to an activating group) is 1. The Hall–Kier alpha value is -1.32. The van der Waals surface area contributed by atoms with Gasteiger partial charge in [0.05, 0.1) is 6.04 Å². The lowest BCUT2D eigenvalue weighted by Gasteiger charge is -2.24. The van der Waals surface area contributed by atoms with Crippen LogP contribution >= 0.6 is 0 Å². The van der Waals surface area contributed by atoms with E-state index in [0.29, 0.717) is 0 Å². The predicted molar refractivity (Wildman–Crippen MR) is 59.3 cm³/mol. The van der Waals surface area contributed by atoms with Crippen molar-refractivity contribution in [1.82, 2.24) is 10.3 Å². The van der Waals surface area contributed by atoms with Gasteiger partial charge in [-0.1, -0.05) is 36.9 Å². The van der Waals surface area contributed by atoms with E-state index in [-0.39, 0.29) is 6.04 Å². The first kappa shape index (κ1) is 10.8. The molecule has 0 aromatic heterocycles. The molecule has 1 atom stereocenters. The molecule has 0 fully saturated rings. The maximum absolute atomic E-state index is 5.51. The number of nitrogens with zero attached hydrogens (tertiary/aromatic N) is 1. The third-order valence-electron chi connectivity index (χ3n) is 2.21. The van der Waals surface area contributed by atoms with Crippen LogP contribution in [0.5, 0.6) is 0 Å². The molecule has 0 saturated carbocycles. The van der Waals surface area contributed by atoms with Gasteiger partial charge in [0, 0.05) is 19.8 Å². The summed E-state index contributed by atoms with van der Waals surface area (Å²) in [5, 5.41) is 0. The second kappa shape index (κ2) is 4.79. The number of hydrogen-bond donors (Lipinski definition) is 2. The molecule has 0 heterocycles. The van der Waals surface area contributed by atoms with Gasteiger partial charge < -0.3 is 4.90 Å². The molecule has 0 spiro atoms. The van der Waals surface area contributed by atoms with Crippen LogP contribution in [0, 0.1) is 0 Å². The molecular weight excluding hydrogens is 174 g/mol. The molecule has 14 heavy (non-hydrogen) atoms. The Bertz CT molecular complexity index is 293. The minimum Gasteiger partial charge on any atom is -0.380 e. The first-order chi connectivity index (χ1) is 6.66. The van der Waals surface area contributed by atoms with E-state index in [4.69, 9.17) is 5.84 Å². The van der Waals surface area contributed by atoms with E-state index in [1.807, 2.05) is 49.3 Å². The van der Waals surface area contributed by atoms with Crippen molar-refractivity contribution < 1.29 is 0 Å². The molecule has 0 saturated heterocycles. The summed E-state index contributed by atoms with van der Waals surface area (Å²) in [5.41, 5.74) is 4.82. The third-order valence-corrected chi connectivity index (χ3v) is 2.21. The molecule has 0 aliphatic carbocycles. The van der Waals surface area contributed by atoms with Gasteiger partial charge in [-0.05, 0) is 5.56 Å². The molecule has 0 aliphatic heterocycles. The van der Waals surface area contributed by atoms with Crippen LogP contribution in [-0.4, -0.2) is 19.0 Å². The van der Waals surface area contributed by atoms with Crippen LogP contribution < -0.4 is 11.3 Å². The average molecular weight is 191 g/mol. The van der Waals surface area contributed by atoms with Crippen molar-refractivity contribution in [3.63, 3.8) is 0 Å². The fourth-order valence-corrected chi connectivity index (χ4v) is 1.29. The number of nitrogens with one attached hydrogen (secondary N) is 1. The van der Waals surface area contributed by atoms with Gasteiger partial charge in [-0.3, -0.25) is 5.84 Å². The Labute approximate surface area is 85.2 Å². The van der Waals surface area contributed by atoms with E-state index in [9.17, 15) is 0 Å². The Morgan fingerprint density at radius 1 is 1.36 bits per heavy atom. The molecule has 3 nitrogen and oxygen atoms in total. The van der Waals surface area contributed by atoms with Gasteiger partial charge in [0.25, 0.3) is 0 Å². The van der Waals surface area contributed by atoms with Gasteiger partial charge in [0.2, 0.25) is 0 Å². The van der Waals surface area contributed by atoms with E-state index in [1.54, 1.807) is 0 Å². The summed E-state index contributed by atoms with van der Waals surface area (Å²) >= 11 is 0. The number of benzene rings is 1. The highest BCUT2D eigenvalue weighted by atomic mass is 15.3. The van der Waals surface area contributed by atoms with Crippen LogP contribution in [0.15, 0.2) is 42.6 Å². The standard InChI is InChI=1S/C11H17N3/c1-9(14(2)3)11(13-12)10-7-5-4-6-8-10/h4-8,11,13H,1,12H2,2-3H3/t11-/m1/s1. The molecule has 3 heteroatoms. The lowest BCUT2D eigenvalue weighted by atomic mass is 10.0. The Morgan fingerprint density at radius 3 is 2.36 bits per heavy atom. The Kier molecular flexibility index (Phi) is 3.68. The molecule has 0 bridgehead atoms. The summed E-state index contributed by atoms with van der Waals surface area (Å²) in [6, 6.07) is 9.99. The topological polar surface area (TPSA) is 41.3 Å². The van der Waals surface area contributed by atoms with E-state index in [2.05, 4.69) is 12.0 Å². The summed E-state index contributed by atoms with van der Waals surface area (Å²) in [4.78, 5) is 1.96. The largest absolute Gasteiger partial charge is 0.380 e. The van der Waals surface area contributed by atoms with Gasteiger partial charge in [-0.25, -0.2) is 5.43 Å². The second-order valence-corrected chi connectivity index (χ2v) is 3.40. The van der Waals surface area contributed by atoms with E-state index in [0.717, 1.165) is 11.3 Å². The molecule has 1 aromatic rings. The van der Waals surface area contributed by atoms with Crippen molar-refractivity contribution in [1.29, 1.82) is 0 Å². The van der Waals surface area contributed by atoms with E-state index >= 15 is 0 Å². The highest BCUT2D eigenvalue weighted by Gasteiger charge is 2.13. The zero-order chi connectivity index (χ0) is 10.6. The van der Waals surface area contributed by atoms with Crippen molar-refractivity contribution >= 4 is 0 Å². The molecule has 1 rings (SSSR count). The van der Waals surface area contributed by atoms with Crippen LogP contribution in [0.4, 0.5) is 0 Å². The zero-order valence-electron chi connectivity index (χ0n) is 8.70. The highest BCUT2D eigenvalue weighted by Crippen LogP contribution is 2.20. The van der Waals surface area contributed by atoms with E-state index < -0.39 is 0 Å². The summed E-state index contributed by atoms with van der Waals surface area (Å²) in [6.07, 6.45) is 0. The Balaban J connectivity index is 2.88. The minimum absolute atomic E-state index is 0.0220. The number of hydrazine groups is 1. The third kappa shape index (κ3) is 2.34. The van der Waals surface area contributed by atoms with Crippen molar-refractivity contribution in [2.45, 2.75) is 6.04 Å². The highest BCUT2D eigenvalue weighted by molar-refractivity contribution is 5.25. The number of hydrogen-bond acceptors (Lipinski definition) is 3.